The number of fused-ring (bicyclic) bond motifs is 1. The van der Waals surface area contributed by atoms with E-state index in [2.05, 4.69) is 71.7 Å². The number of carbonyl (C=O) groups is 1. The van der Waals surface area contributed by atoms with E-state index in [1.807, 2.05) is 48.5 Å². The summed E-state index contributed by atoms with van der Waals surface area (Å²) in [5, 5.41) is 6.05. The number of carbonyl (C=O) groups excluding carboxylic acids is 1. The molecular weight excluding hydrogens is 500 g/mol. The molecule has 0 radical (unpaired) electrons. The minimum absolute atomic E-state index is 0.111. The van der Waals surface area contributed by atoms with E-state index in [4.69, 9.17) is 4.74 Å². The Morgan fingerprint density at radius 3 is 2.46 bits per heavy atom. The summed E-state index contributed by atoms with van der Waals surface area (Å²) in [6.07, 6.45) is 6.70. The van der Waals surface area contributed by atoms with E-state index in [0.717, 1.165) is 28.3 Å². The summed E-state index contributed by atoms with van der Waals surface area (Å²) < 4.78 is 6.13. The Balaban J connectivity index is 1.18. The topological polar surface area (TPSA) is 41.6 Å². The number of hydrogen-bond acceptors (Lipinski definition) is 4. The highest BCUT2D eigenvalue weighted by molar-refractivity contribution is 8.05. The lowest BCUT2D eigenvalue weighted by Gasteiger charge is -2.39. The van der Waals surface area contributed by atoms with E-state index in [1.54, 1.807) is 11.8 Å². The molecule has 1 unspecified atom stereocenters. The van der Waals surface area contributed by atoms with Crippen LogP contribution in [0.5, 0.6) is 5.75 Å². The molecule has 4 nitrogen and oxygen atoms in total. The van der Waals surface area contributed by atoms with E-state index in [9.17, 15) is 4.79 Å². The van der Waals surface area contributed by atoms with Crippen LogP contribution in [0.3, 0.4) is 0 Å². The Bertz CT molecular complexity index is 1460. The number of ether oxygens (including phenoxy) is 1. The molecule has 39 heavy (non-hydrogen) atoms. The average molecular weight is 535 g/mol. The number of thioether (sulfide) groups is 1. The van der Waals surface area contributed by atoms with Crippen LogP contribution in [0.2, 0.25) is 0 Å². The number of amides is 1. The standard InChI is InChI=1S/C34H34N2O2S/c1-24-10-5-8-17-31(24)36-33(37)32(39-34(36)35-28-14-3-2-4-15-28)22-25-18-20-29(21-19-25)38-23-27-13-9-12-26-11-6-7-16-30(26)27/h2-4,6-7,9,11-16,18-22,24,31,34-35H,5,8,10,17,23H2,1H3/b32-22-/t24-,31-,34?/m1/s1. The second-order valence-electron chi connectivity index (χ2n) is 10.5. The lowest BCUT2D eigenvalue weighted by Crippen LogP contribution is -2.48. The molecule has 2 fully saturated rings. The predicted molar refractivity (Wildman–Crippen MR) is 162 cm³/mol. The molecule has 1 aliphatic heterocycles. The van der Waals surface area contributed by atoms with Crippen LogP contribution < -0.4 is 10.1 Å². The van der Waals surface area contributed by atoms with Crippen LogP contribution in [-0.2, 0) is 11.4 Å². The fourth-order valence-corrected chi connectivity index (χ4v) is 6.97. The van der Waals surface area contributed by atoms with Crippen molar-refractivity contribution in [3.8, 4) is 5.75 Å². The van der Waals surface area contributed by atoms with E-state index in [0.29, 0.717) is 12.5 Å². The summed E-state index contributed by atoms with van der Waals surface area (Å²) in [5.41, 5.74) is 3.09. The van der Waals surface area contributed by atoms with E-state index < -0.39 is 0 Å². The van der Waals surface area contributed by atoms with Gasteiger partial charge in [0.15, 0.2) is 5.50 Å². The van der Waals surface area contributed by atoms with Crippen molar-refractivity contribution in [3.05, 3.63) is 113 Å². The van der Waals surface area contributed by atoms with Gasteiger partial charge in [-0.1, -0.05) is 104 Å². The second-order valence-corrected chi connectivity index (χ2v) is 11.6. The van der Waals surface area contributed by atoms with Crippen LogP contribution in [0, 0.1) is 5.92 Å². The molecule has 3 atom stereocenters. The molecule has 4 aromatic rings. The van der Waals surface area contributed by atoms with Crippen LogP contribution >= 0.6 is 11.8 Å². The molecule has 198 valence electrons. The van der Waals surface area contributed by atoms with Crippen molar-refractivity contribution in [3.63, 3.8) is 0 Å². The van der Waals surface area contributed by atoms with Crippen molar-refractivity contribution in [2.75, 3.05) is 5.32 Å². The fourth-order valence-electron chi connectivity index (χ4n) is 5.76. The highest BCUT2D eigenvalue weighted by Crippen LogP contribution is 2.42. The minimum atomic E-state index is -0.111. The number of para-hydroxylation sites is 1. The first-order valence-electron chi connectivity index (χ1n) is 13.9. The Morgan fingerprint density at radius 2 is 1.64 bits per heavy atom. The molecule has 5 heteroatoms. The van der Waals surface area contributed by atoms with Gasteiger partial charge in [0.25, 0.3) is 5.91 Å². The average Bonchev–Trinajstić information content (AvgIpc) is 3.27. The van der Waals surface area contributed by atoms with Crippen LogP contribution in [0.4, 0.5) is 5.69 Å². The largest absolute Gasteiger partial charge is 0.489 e. The Hall–Kier alpha value is -3.70. The number of rotatable bonds is 7. The van der Waals surface area contributed by atoms with Gasteiger partial charge in [-0.3, -0.25) is 4.79 Å². The summed E-state index contributed by atoms with van der Waals surface area (Å²) in [5.74, 6) is 1.45. The van der Waals surface area contributed by atoms with Crippen molar-refractivity contribution in [1.29, 1.82) is 0 Å². The van der Waals surface area contributed by atoms with E-state index in [1.165, 1.54) is 35.6 Å². The molecule has 2 aliphatic rings. The Kier molecular flexibility index (Phi) is 7.60. The van der Waals surface area contributed by atoms with Crippen LogP contribution in [0.1, 0.15) is 43.7 Å². The summed E-state index contributed by atoms with van der Waals surface area (Å²) in [6.45, 7) is 2.80. The maximum Gasteiger partial charge on any atom is 0.262 e. The van der Waals surface area contributed by atoms with Gasteiger partial charge in [0, 0.05) is 11.7 Å². The Morgan fingerprint density at radius 1 is 0.897 bits per heavy atom. The summed E-state index contributed by atoms with van der Waals surface area (Å²) >= 11 is 1.62. The summed E-state index contributed by atoms with van der Waals surface area (Å²) in [4.78, 5) is 16.6. The lowest BCUT2D eigenvalue weighted by atomic mass is 9.85. The summed E-state index contributed by atoms with van der Waals surface area (Å²) in [6, 6.07) is 33.2. The smallest absolute Gasteiger partial charge is 0.262 e. The zero-order valence-electron chi connectivity index (χ0n) is 22.3. The van der Waals surface area contributed by atoms with Gasteiger partial charge in [-0.05, 0) is 71.0 Å². The van der Waals surface area contributed by atoms with Gasteiger partial charge in [0.2, 0.25) is 0 Å². The first kappa shape index (κ1) is 25.6. The number of hydrogen-bond donors (Lipinski definition) is 1. The third kappa shape index (κ3) is 5.69. The van der Waals surface area contributed by atoms with Crippen LogP contribution in [0.15, 0.2) is 102 Å². The van der Waals surface area contributed by atoms with Crippen LogP contribution in [0.25, 0.3) is 16.8 Å². The highest BCUT2D eigenvalue weighted by Gasteiger charge is 2.42. The lowest BCUT2D eigenvalue weighted by molar-refractivity contribution is -0.129. The maximum absolute atomic E-state index is 13.8. The number of nitrogens with one attached hydrogen (secondary N) is 1. The van der Waals surface area contributed by atoms with E-state index in [-0.39, 0.29) is 17.4 Å². The molecule has 1 N–H and O–H groups in total. The molecule has 0 bridgehead atoms. The van der Waals surface area contributed by atoms with Gasteiger partial charge in [0.1, 0.15) is 12.4 Å². The van der Waals surface area contributed by atoms with Crippen molar-refractivity contribution < 1.29 is 9.53 Å². The molecule has 1 heterocycles. The van der Waals surface area contributed by atoms with Crippen molar-refractivity contribution >= 4 is 40.2 Å². The monoisotopic (exact) mass is 534 g/mol. The molecule has 1 saturated carbocycles. The normalized spacial score (nSPS) is 22.4. The van der Waals surface area contributed by atoms with Crippen molar-refractivity contribution in [1.82, 2.24) is 4.90 Å². The number of benzene rings is 4. The van der Waals surface area contributed by atoms with Gasteiger partial charge < -0.3 is 15.0 Å². The fraction of sp³-hybridized carbons (Fsp3) is 0.265. The molecular formula is C34H34N2O2S. The minimum Gasteiger partial charge on any atom is -0.489 e. The number of anilines is 1. The second kappa shape index (κ2) is 11.6. The molecule has 0 aromatic heterocycles. The Labute approximate surface area is 235 Å². The van der Waals surface area contributed by atoms with Gasteiger partial charge >= 0.3 is 0 Å². The maximum atomic E-state index is 13.8. The quantitative estimate of drug-likeness (QED) is 0.242. The van der Waals surface area contributed by atoms with Gasteiger partial charge in [-0.15, -0.1) is 0 Å². The third-order valence-corrected chi connectivity index (χ3v) is 8.99. The van der Waals surface area contributed by atoms with E-state index >= 15 is 0 Å². The molecule has 0 spiro atoms. The molecule has 1 amide bonds. The van der Waals surface area contributed by atoms with Gasteiger partial charge in [0.05, 0.1) is 4.91 Å². The molecule has 1 aliphatic carbocycles. The molecule has 1 saturated heterocycles. The third-order valence-electron chi connectivity index (χ3n) is 7.88. The summed E-state index contributed by atoms with van der Waals surface area (Å²) in [7, 11) is 0. The molecule has 6 rings (SSSR count). The van der Waals surface area contributed by atoms with Gasteiger partial charge in [-0.25, -0.2) is 0 Å². The first-order valence-corrected chi connectivity index (χ1v) is 14.8. The zero-order valence-corrected chi connectivity index (χ0v) is 23.1. The molecule has 4 aromatic carbocycles. The predicted octanol–water partition coefficient (Wildman–Crippen LogP) is 8.31. The first-order chi connectivity index (χ1) is 19.2. The van der Waals surface area contributed by atoms with Crippen molar-refractivity contribution in [2.45, 2.75) is 50.8 Å². The van der Waals surface area contributed by atoms with Crippen LogP contribution in [-0.4, -0.2) is 22.3 Å². The number of nitrogens with zero attached hydrogens (tertiary/aromatic N) is 1. The zero-order chi connectivity index (χ0) is 26.6. The van der Waals surface area contributed by atoms with Gasteiger partial charge in [-0.2, -0.15) is 0 Å². The van der Waals surface area contributed by atoms with Crippen molar-refractivity contribution in [2.24, 2.45) is 5.92 Å². The highest BCUT2D eigenvalue weighted by atomic mass is 32.2. The SMILES string of the molecule is C[C@@H]1CCCC[C@H]1N1C(=O)/C(=C/c2ccc(OCc3cccc4ccccc34)cc2)SC1Nc1ccccc1.